The third kappa shape index (κ3) is 4.85. The van der Waals surface area contributed by atoms with Crippen molar-refractivity contribution in [1.82, 2.24) is 9.97 Å². The molecular weight excluding hydrogens is 352 g/mol. The normalized spacial score (nSPS) is 10.6. The first kappa shape index (κ1) is 19.4. The number of hydrogen-bond donors (Lipinski definition) is 2. The summed E-state index contributed by atoms with van der Waals surface area (Å²) in [5.74, 6) is 0.851. The number of nitrogens with zero attached hydrogens (tertiary/aromatic N) is 2. The van der Waals surface area contributed by atoms with E-state index in [0.29, 0.717) is 17.3 Å². The number of rotatable bonds is 6. The van der Waals surface area contributed by atoms with Crippen LogP contribution in [0.25, 0.3) is 0 Å². The van der Waals surface area contributed by atoms with Gasteiger partial charge < -0.3 is 15.4 Å². The van der Waals surface area contributed by atoms with Gasteiger partial charge in [0.1, 0.15) is 17.3 Å². The third-order valence-electron chi connectivity index (χ3n) is 4.03. The summed E-state index contributed by atoms with van der Waals surface area (Å²) < 4.78 is 5.73. The van der Waals surface area contributed by atoms with Crippen LogP contribution >= 0.6 is 0 Å². The highest BCUT2D eigenvalue weighted by Gasteiger charge is 2.12. The Morgan fingerprint density at radius 2 is 1.79 bits per heavy atom. The number of carbonyl (C=O) groups is 1. The fourth-order valence-corrected chi connectivity index (χ4v) is 2.71. The summed E-state index contributed by atoms with van der Waals surface area (Å²) in [6.07, 6.45) is 3.01. The van der Waals surface area contributed by atoms with E-state index in [2.05, 4.69) is 26.7 Å². The summed E-state index contributed by atoms with van der Waals surface area (Å²) >= 11 is 0. The van der Waals surface area contributed by atoms with Gasteiger partial charge in [0.2, 0.25) is 0 Å². The smallest absolute Gasteiger partial charge is 0.275 e. The number of amides is 1. The van der Waals surface area contributed by atoms with Crippen molar-refractivity contribution in [3.63, 3.8) is 0 Å². The Bertz CT molecular complexity index is 969. The number of aromatic nitrogens is 2. The van der Waals surface area contributed by atoms with Gasteiger partial charge in [-0.15, -0.1) is 0 Å². The largest absolute Gasteiger partial charge is 0.489 e. The fourth-order valence-electron chi connectivity index (χ4n) is 2.71. The van der Waals surface area contributed by atoms with Crippen molar-refractivity contribution in [3.05, 3.63) is 71.7 Å². The average molecular weight is 376 g/mol. The molecule has 0 spiro atoms. The summed E-state index contributed by atoms with van der Waals surface area (Å²) in [6.45, 7) is 7.95. The Kier molecular flexibility index (Phi) is 5.89. The minimum Gasteiger partial charge on any atom is -0.489 e. The molecule has 0 aliphatic heterocycles. The Morgan fingerprint density at radius 3 is 2.46 bits per heavy atom. The third-order valence-corrected chi connectivity index (χ3v) is 4.03. The predicted octanol–water partition coefficient (Wildman–Crippen LogP) is 4.88. The molecule has 0 radical (unpaired) electrons. The van der Waals surface area contributed by atoms with Crippen molar-refractivity contribution in [2.45, 2.75) is 33.8 Å². The van der Waals surface area contributed by atoms with E-state index in [1.54, 1.807) is 12.3 Å². The van der Waals surface area contributed by atoms with Crippen molar-refractivity contribution >= 4 is 23.1 Å². The molecule has 1 amide bonds. The van der Waals surface area contributed by atoms with Gasteiger partial charge in [0, 0.05) is 5.69 Å². The van der Waals surface area contributed by atoms with Crippen LogP contribution in [0.2, 0.25) is 0 Å². The number of hydrogen-bond acceptors (Lipinski definition) is 5. The molecule has 3 rings (SSSR count). The first-order valence-corrected chi connectivity index (χ1v) is 9.15. The first-order chi connectivity index (χ1) is 13.4. The second-order valence-corrected chi connectivity index (χ2v) is 6.85. The molecule has 6 heteroatoms. The maximum atomic E-state index is 12.5. The number of benzene rings is 2. The minimum atomic E-state index is -0.342. The van der Waals surface area contributed by atoms with Crippen LogP contribution < -0.4 is 15.4 Å². The van der Waals surface area contributed by atoms with Gasteiger partial charge in [0.25, 0.3) is 5.91 Å². The van der Waals surface area contributed by atoms with Gasteiger partial charge in [-0.1, -0.05) is 29.8 Å². The maximum absolute atomic E-state index is 12.5. The highest BCUT2D eigenvalue weighted by molar-refractivity contribution is 6.03. The van der Waals surface area contributed by atoms with Gasteiger partial charge >= 0.3 is 0 Å². The van der Waals surface area contributed by atoms with E-state index >= 15 is 0 Å². The number of nitrogens with one attached hydrogen (secondary N) is 2. The first-order valence-electron chi connectivity index (χ1n) is 9.15. The number of carbonyl (C=O) groups excluding carboxylic acids is 1. The van der Waals surface area contributed by atoms with Crippen molar-refractivity contribution in [2.24, 2.45) is 0 Å². The van der Waals surface area contributed by atoms with E-state index in [1.165, 1.54) is 11.8 Å². The van der Waals surface area contributed by atoms with Crippen LogP contribution in [0.3, 0.4) is 0 Å². The second-order valence-electron chi connectivity index (χ2n) is 6.85. The van der Waals surface area contributed by atoms with Crippen LogP contribution in [0.1, 0.15) is 35.5 Å². The summed E-state index contributed by atoms with van der Waals surface area (Å²) in [5.41, 5.74) is 4.09. The van der Waals surface area contributed by atoms with Crippen LogP contribution in [-0.4, -0.2) is 22.0 Å². The summed E-state index contributed by atoms with van der Waals surface area (Å²) in [5, 5.41) is 6.05. The molecular formula is C22H24N4O2. The van der Waals surface area contributed by atoms with E-state index in [4.69, 9.17) is 4.74 Å². The Hall–Kier alpha value is -3.41. The molecule has 0 saturated heterocycles. The molecule has 0 fully saturated rings. The highest BCUT2D eigenvalue weighted by atomic mass is 16.5. The molecule has 3 aromatic rings. The Balaban J connectivity index is 1.70. The van der Waals surface area contributed by atoms with Crippen LogP contribution in [-0.2, 0) is 0 Å². The lowest BCUT2D eigenvalue weighted by Crippen LogP contribution is -2.16. The van der Waals surface area contributed by atoms with E-state index in [1.807, 2.05) is 58.0 Å². The number of ether oxygens (including phenoxy) is 1. The summed E-state index contributed by atoms with van der Waals surface area (Å²) in [7, 11) is 0. The quantitative estimate of drug-likeness (QED) is 0.641. The summed E-state index contributed by atoms with van der Waals surface area (Å²) in [4.78, 5) is 21.1. The topological polar surface area (TPSA) is 76.1 Å². The second kappa shape index (κ2) is 8.52. The van der Waals surface area contributed by atoms with Gasteiger partial charge in [-0.2, -0.15) is 0 Å². The molecule has 1 aromatic heterocycles. The zero-order valence-corrected chi connectivity index (χ0v) is 16.5. The van der Waals surface area contributed by atoms with Gasteiger partial charge in [0.05, 0.1) is 24.2 Å². The molecule has 144 valence electrons. The standard InChI is InChI=1S/C22H24N4O2/c1-14(2)28-20-8-6-5-7-18(20)26-22(27)19-12-24-21(13-23-19)25-17-10-9-15(3)11-16(17)4/h5-14H,1-4H3,(H,24,25)(H,26,27). The lowest BCUT2D eigenvalue weighted by molar-refractivity contribution is 0.102. The molecule has 0 aliphatic rings. The van der Waals surface area contributed by atoms with Gasteiger partial charge in [-0.05, 0) is 51.5 Å². The maximum Gasteiger partial charge on any atom is 0.275 e. The van der Waals surface area contributed by atoms with Gasteiger partial charge in [0.15, 0.2) is 0 Å². The zero-order chi connectivity index (χ0) is 20.1. The highest BCUT2D eigenvalue weighted by Crippen LogP contribution is 2.25. The van der Waals surface area contributed by atoms with E-state index < -0.39 is 0 Å². The zero-order valence-electron chi connectivity index (χ0n) is 16.5. The monoisotopic (exact) mass is 376 g/mol. The van der Waals surface area contributed by atoms with Crippen molar-refractivity contribution in [2.75, 3.05) is 10.6 Å². The van der Waals surface area contributed by atoms with Gasteiger partial charge in [-0.3, -0.25) is 4.79 Å². The van der Waals surface area contributed by atoms with Crippen LogP contribution in [0.4, 0.5) is 17.2 Å². The van der Waals surface area contributed by atoms with E-state index in [0.717, 1.165) is 11.3 Å². The number of aryl methyl sites for hydroxylation is 2. The predicted molar refractivity (Wildman–Crippen MR) is 111 cm³/mol. The number of anilines is 3. The Labute approximate surface area is 165 Å². The molecule has 2 aromatic carbocycles. The fraction of sp³-hybridized carbons (Fsp3) is 0.227. The molecule has 0 bridgehead atoms. The molecule has 0 saturated carbocycles. The SMILES string of the molecule is Cc1ccc(Nc2cnc(C(=O)Nc3ccccc3OC(C)C)cn2)c(C)c1. The molecule has 1 heterocycles. The minimum absolute atomic E-state index is 0.00781. The molecule has 0 atom stereocenters. The van der Waals surface area contributed by atoms with Crippen LogP contribution in [0, 0.1) is 13.8 Å². The molecule has 0 aliphatic carbocycles. The van der Waals surface area contributed by atoms with Gasteiger partial charge in [-0.25, -0.2) is 9.97 Å². The average Bonchev–Trinajstić information content (AvgIpc) is 2.66. The van der Waals surface area contributed by atoms with Crippen molar-refractivity contribution in [3.8, 4) is 5.75 Å². The van der Waals surface area contributed by atoms with Crippen molar-refractivity contribution in [1.29, 1.82) is 0 Å². The van der Waals surface area contributed by atoms with E-state index in [-0.39, 0.29) is 17.7 Å². The summed E-state index contributed by atoms with van der Waals surface area (Å²) in [6, 6.07) is 13.4. The van der Waals surface area contributed by atoms with Crippen LogP contribution in [0.5, 0.6) is 5.75 Å². The molecule has 6 nitrogen and oxygen atoms in total. The lowest BCUT2D eigenvalue weighted by atomic mass is 10.1. The van der Waals surface area contributed by atoms with Crippen LogP contribution in [0.15, 0.2) is 54.9 Å². The van der Waals surface area contributed by atoms with Crippen molar-refractivity contribution < 1.29 is 9.53 Å². The molecule has 28 heavy (non-hydrogen) atoms. The number of para-hydroxylation sites is 2. The van der Waals surface area contributed by atoms with E-state index in [9.17, 15) is 4.79 Å². The molecule has 0 unspecified atom stereocenters. The lowest BCUT2D eigenvalue weighted by Gasteiger charge is -2.14. The Morgan fingerprint density at radius 1 is 1.00 bits per heavy atom. The molecule has 2 N–H and O–H groups in total.